The summed E-state index contributed by atoms with van der Waals surface area (Å²) in [6.07, 6.45) is 8.83. The number of ether oxygens (including phenoxy) is 1. The Morgan fingerprint density at radius 1 is 1.38 bits per heavy atom. The molecule has 1 aliphatic rings. The van der Waals surface area contributed by atoms with E-state index >= 15 is 0 Å². The molecule has 1 aromatic heterocycles. The summed E-state index contributed by atoms with van der Waals surface area (Å²) in [4.78, 5) is 7.85. The highest BCUT2D eigenvalue weighted by atomic mass is 35.5. The van der Waals surface area contributed by atoms with E-state index in [9.17, 15) is 9.50 Å². The molecule has 34 heavy (non-hydrogen) atoms. The number of terminal acetylenes is 1. The van der Waals surface area contributed by atoms with Gasteiger partial charge in [-0.05, 0) is 55.5 Å². The number of hydrogen-bond acceptors (Lipinski definition) is 5. The monoisotopic (exact) mass is 501 g/mol. The van der Waals surface area contributed by atoms with Crippen LogP contribution in [0.4, 0.5) is 9.52 Å². The third kappa shape index (κ3) is 5.07. The lowest BCUT2D eigenvalue weighted by molar-refractivity contribution is 0.275. The van der Waals surface area contributed by atoms with Gasteiger partial charge in [0.15, 0.2) is 5.13 Å². The van der Waals surface area contributed by atoms with Crippen LogP contribution < -0.4 is 9.64 Å². The third-order valence-electron chi connectivity index (χ3n) is 6.18. The second kappa shape index (κ2) is 10.4. The van der Waals surface area contributed by atoms with Crippen LogP contribution in [0.15, 0.2) is 30.3 Å². The van der Waals surface area contributed by atoms with E-state index in [0.29, 0.717) is 32.9 Å². The summed E-state index contributed by atoms with van der Waals surface area (Å²) in [6.45, 7) is 3.61. The van der Waals surface area contributed by atoms with Crippen molar-refractivity contribution >= 4 is 28.1 Å². The highest BCUT2D eigenvalue weighted by molar-refractivity contribution is 7.16. The molecule has 0 radical (unpaired) electrons. The lowest BCUT2D eigenvalue weighted by atomic mass is 9.98. The van der Waals surface area contributed by atoms with Gasteiger partial charge in [0, 0.05) is 16.0 Å². The number of aromatic nitrogens is 1. The molecule has 1 atom stereocenters. The zero-order chi connectivity index (χ0) is 26.9. The second-order valence-corrected chi connectivity index (χ2v) is 10.2. The summed E-state index contributed by atoms with van der Waals surface area (Å²) in [5, 5.41) is 10.4. The summed E-state index contributed by atoms with van der Waals surface area (Å²) < 4.78 is 41.8. The molecular formula is C27H28ClFN2O2S. The molecule has 1 heterocycles. The van der Waals surface area contributed by atoms with E-state index in [0.717, 1.165) is 29.7 Å². The van der Waals surface area contributed by atoms with E-state index in [-0.39, 0.29) is 30.5 Å². The molecule has 0 aliphatic heterocycles. The standard InChI is InChI=1S/C27H28ClFN2O2S/c1-5-10-31(24(12-18-6-7-18)19-8-9-20(15-32)23(29)13-19)27-30-26(17(3)34-27)21-11-16(2)25(33-4)14-22(21)28/h1,8-9,11,13-14,18,24,32H,6-7,10,12,15H2,2-4H3/t24-/m0/s1/i4D3. The van der Waals surface area contributed by atoms with E-state index in [1.807, 2.05) is 17.9 Å². The minimum atomic E-state index is -2.58. The van der Waals surface area contributed by atoms with E-state index in [1.165, 1.54) is 23.5 Å². The Morgan fingerprint density at radius 3 is 2.82 bits per heavy atom. The summed E-state index contributed by atoms with van der Waals surface area (Å²) in [7, 11) is -2.58. The van der Waals surface area contributed by atoms with Crippen LogP contribution in [0.5, 0.6) is 5.75 Å². The Morgan fingerprint density at radius 2 is 2.18 bits per heavy atom. The van der Waals surface area contributed by atoms with Crippen molar-refractivity contribution in [2.45, 2.75) is 45.8 Å². The smallest absolute Gasteiger partial charge is 0.187 e. The van der Waals surface area contributed by atoms with Gasteiger partial charge < -0.3 is 14.7 Å². The molecule has 0 bridgehead atoms. The van der Waals surface area contributed by atoms with Crippen LogP contribution in [0.2, 0.25) is 5.02 Å². The molecule has 0 unspecified atom stereocenters. The number of hydrogen-bond donors (Lipinski definition) is 1. The SMILES string of the molecule is [2H]C([2H])([2H])Oc1cc(Cl)c(-c2nc(N(CC#C)[C@@H](CC3CC3)c3ccc(CO)c(F)c3)sc2C)cc1C. The van der Waals surface area contributed by atoms with Crippen molar-refractivity contribution < 1.29 is 18.3 Å². The molecule has 2 aromatic carbocycles. The quantitative estimate of drug-likeness (QED) is 0.331. The summed E-state index contributed by atoms with van der Waals surface area (Å²) in [6, 6.07) is 8.02. The number of anilines is 1. The van der Waals surface area contributed by atoms with Gasteiger partial charge in [-0.2, -0.15) is 0 Å². The molecule has 0 amide bonds. The first-order valence-electron chi connectivity index (χ1n) is 12.6. The predicted octanol–water partition coefficient (Wildman–Crippen LogP) is 6.70. The van der Waals surface area contributed by atoms with Gasteiger partial charge in [0.1, 0.15) is 11.6 Å². The molecule has 1 N–H and O–H groups in total. The third-order valence-corrected chi connectivity index (χ3v) is 7.50. The van der Waals surface area contributed by atoms with Gasteiger partial charge in [0.25, 0.3) is 0 Å². The maximum Gasteiger partial charge on any atom is 0.187 e. The number of methoxy groups -OCH3 is 1. The van der Waals surface area contributed by atoms with Gasteiger partial charge in [0.2, 0.25) is 0 Å². The summed E-state index contributed by atoms with van der Waals surface area (Å²) >= 11 is 8.04. The van der Waals surface area contributed by atoms with E-state index in [2.05, 4.69) is 5.92 Å². The number of thiazole rings is 1. The van der Waals surface area contributed by atoms with Crippen molar-refractivity contribution in [3.8, 4) is 29.4 Å². The first kappa shape index (κ1) is 20.8. The Balaban J connectivity index is 1.73. The molecule has 7 heteroatoms. The van der Waals surface area contributed by atoms with Crippen molar-refractivity contribution in [3.05, 3.63) is 62.7 Å². The number of benzene rings is 2. The Hall–Kier alpha value is -2.59. The molecule has 1 saturated carbocycles. The maximum absolute atomic E-state index is 14.6. The van der Waals surface area contributed by atoms with Crippen molar-refractivity contribution in [2.75, 3.05) is 18.5 Å². The zero-order valence-electron chi connectivity index (χ0n) is 22.1. The van der Waals surface area contributed by atoms with Gasteiger partial charge in [-0.1, -0.05) is 42.5 Å². The van der Waals surface area contributed by atoms with Crippen LogP contribution >= 0.6 is 22.9 Å². The number of aryl methyl sites for hydroxylation is 2. The summed E-state index contributed by atoms with van der Waals surface area (Å²) in [5.74, 6) is 3.01. The van der Waals surface area contributed by atoms with Crippen molar-refractivity contribution in [3.63, 3.8) is 0 Å². The van der Waals surface area contributed by atoms with Gasteiger partial charge in [-0.15, -0.1) is 17.8 Å². The molecule has 3 aromatic rings. The lowest BCUT2D eigenvalue weighted by Gasteiger charge is -2.31. The largest absolute Gasteiger partial charge is 0.496 e. The normalized spacial score (nSPS) is 15.7. The molecular weight excluding hydrogens is 471 g/mol. The molecule has 0 spiro atoms. The topological polar surface area (TPSA) is 45.6 Å². The van der Waals surface area contributed by atoms with E-state index in [4.69, 9.17) is 31.9 Å². The highest BCUT2D eigenvalue weighted by Gasteiger charge is 2.32. The average molecular weight is 502 g/mol. The van der Waals surface area contributed by atoms with Crippen LogP contribution in [0.25, 0.3) is 11.3 Å². The molecule has 4 nitrogen and oxygen atoms in total. The highest BCUT2D eigenvalue weighted by Crippen LogP contribution is 2.44. The van der Waals surface area contributed by atoms with Gasteiger partial charge >= 0.3 is 0 Å². The number of rotatable bonds is 9. The van der Waals surface area contributed by atoms with E-state index in [1.54, 1.807) is 19.1 Å². The zero-order valence-corrected chi connectivity index (χ0v) is 20.6. The van der Waals surface area contributed by atoms with Crippen molar-refractivity contribution in [2.24, 2.45) is 5.92 Å². The number of aliphatic hydroxyl groups excluding tert-OH is 1. The molecule has 178 valence electrons. The number of nitrogens with zero attached hydrogens (tertiary/aromatic N) is 2. The Kier molecular flexibility index (Phi) is 6.32. The minimum Gasteiger partial charge on any atom is -0.496 e. The van der Waals surface area contributed by atoms with E-state index < -0.39 is 12.9 Å². The molecule has 0 saturated heterocycles. The Labute approximate surface area is 213 Å². The Bertz CT molecular complexity index is 1330. The van der Waals surface area contributed by atoms with Gasteiger partial charge in [0.05, 0.1) is 41.1 Å². The number of halogens is 2. The molecule has 1 aliphatic carbocycles. The fourth-order valence-electron chi connectivity index (χ4n) is 4.13. The fourth-order valence-corrected chi connectivity index (χ4v) is 5.35. The fraction of sp³-hybridized carbons (Fsp3) is 0.370. The second-order valence-electron chi connectivity index (χ2n) is 8.64. The average Bonchev–Trinajstić information content (AvgIpc) is 3.57. The first-order chi connectivity index (χ1) is 17.5. The van der Waals surface area contributed by atoms with Crippen LogP contribution in [-0.2, 0) is 6.61 Å². The minimum absolute atomic E-state index is 0.184. The van der Waals surface area contributed by atoms with Crippen LogP contribution in [0.1, 0.15) is 51.0 Å². The maximum atomic E-state index is 14.6. The molecule has 4 rings (SSSR count). The van der Waals surface area contributed by atoms with Gasteiger partial charge in [-0.3, -0.25) is 0 Å². The molecule has 1 fully saturated rings. The van der Waals surface area contributed by atoms with Gasteiger partial charge in [-0.25, -0.2) is 9.37 Å². The first-order valence-corrected chi connectivity index (χ1v) is 12.3. The van der Waals surface area contributed by atoms with Crippen molar-refractivity contribution in [1.29, 1.82) is 0 Å². The van der Waals surface area contributed by atoms with Crippen LogP contribution in [0, 0.1) is 37.9 Å². The van der Waals surface area contributed by atoms with Crippen LogP contribution in [-0.4, -0.2) is 23.7 Å². The van der Waals surface area contributed by atoms with Crippen molar-refractivity contribution in [1.82, 2.24) is 4.98 Å². The number of aliphatic hydroxyl groups is 1. The summed E-state index contributed by atoms with van der Waals surface area (Å²) in [5.41, 5.74) is 2.99. The van der Waals surface area contributed by atoms with Crippen LogP contribution in [0.3, 0.4) is 0 Å². The lowest BCUT2D eigenvalue weighted by Crippen LogP contribution is -2.29. The predicted molar refractivity (Wildman–Crippen MR) is 137 cm³/mol.